The first-order valence-corrected chi connectivity index (χ1v) is 11.5. The molecule has 4 aromatic rings. The van der Waals surface area contributed by atoms with Gasteiger partial charge in [-0.15, -0.1) is 5.10 Å². The van der Waals surface area contributed by atoms with Crippen LogP contribution in [0.15, 0.2) is 60.9 Å². The number of aliphatic hydroxyl groups excluding tert-OH is 1. The molecule has 38 heavy (non-hydrogen) atoms. The molecule has 0 saturated heterocycles. The number of pyridine rings is 2. The molecule has 0 radical (unpaired) electrons. The maximum atomic E-state index is 13.0. The SMILES string of the molecule is CNc1cc(-c2cc(-c3cc(NC(=O)c4cc(C(F)(F)F)cnn4)ccc3C)cc(NCCO)n2)ccn1. The van der Waals surface area contributed by atoms with Gasteiger partial charge in [0.15, 0.2) is 5.69 Å². The maximum Gasteiger partial charge on any atom is 0.418 e. The van der Waals surface area contributed by atoms with Crippen LogP contribution in [0.25, 0.3) is 22.4 Å². The average Bonchev–Trinajstić information content (AvgIpc) is 2.92. The zero-order valence-electron chi connectivity index (χ0n) is 20.5. The second-order valence-electron chi connectivity index (χ2n) is 8.27. The first-order valence-electron chi connectivity index (χ1n) is 11.5. The van der Waals surface area contributed by atoms with Gasteiger partial charge in [0.2, 0.25) is 0 Å². The number of rotatable bonds is 8. The second kappa shape index (κ2) is 11.2. The molecule has 4 rings (SSSR count). The van der Waals surface area contributed by atoms with Gasteiger partial charge in [0.25, 0.3) is 5.91 Å². The number of hydrogen-bond donors (Lipinski definition) is 4. The summed E-state index contributed by atoms with van der Waals surface area (Å²) in [6.45, 7) is 2.10. The van der Waals surface area contributed by atoms with Gasteiger partial charge in [-0.05, 0) is 66.1 Å². The van der Waals surface area contributed by atoms with Gasteiger partial charge in [0.1, 0.15) is 11.6 Å². The van der Waals surface area contributed by atoms with Crippen molar-refractivity contribution in [1.29, 1.82) is 0 Å². The largest absolute Gasteiger partial charge is 0.418 e. The monoisotopic (exact) mass is 523 g/mol. The summed E-state index contributed by atoms with van der Waals surface area (Å²) in [7, 11) is 1.76. The van der Waals surface area contributed by atoms with Crippen molar-refractivity contribution < 1.29 is 23.1 Å². The number of aromatic nitrogens is 4. The molecule has 0 fully saturated rings. The molecule has 0 aliphatic rings. The summed E-state index contributed by atoms with van der Waals surface area (Å²) in [6.07, 6.45) is -2.42. The zero-order valence-corrected chi connectivity index (χ0v) is 20.5. The van der Waals surface area contributed by atoms with Crippen LogP contribution < -0.4 is 16.0 Å². The number of nitrogens with zero attached hydrogens (tertiary/aromatic N) is 4. The fourth-order valence-electron chi connectivity index (χ4n) is 3.67. The molecular formula is C26H24F3N7O2. The smallest absolute Gasteiger partial charge is 0.395 e. The number of aliphatic hydroxyl groups is 1. The number of nitrogens with one attached hydrogen (secondary N) is 3. The van der Waals surface area contributed by atoms with Gasteiger partial charge < -0.3 is 21.1 Å². The van der Waals surface area contributed by atoms with Crippen LogP contribution in [0.4, 0.5) is 30.5 Å². The van der Waals surface area contributed by atoms with Crippen molar-refractivity contribution in [3.8, 4) is 22.4 Å². The van der Waals surface area contributed by atoms with Crippen LogP contribution in [0.5, 0.6) is 0 Å². The van der Waals surface area contributed by atoms with Crippen molar-refractivity contribution in [1.82, 2.24) is 20.2 Å². The van der Waals surface area contributed by atoms with Crippen LogP contribution >= 0.6 is 0 Å². The lowest BCUT2D eigenvalue weighted by Gasteiger charge is -2.14. The molecule has 4 N–H and O–H groups in total. The molecule has 12 heteroatoms. The Morgan fingerprint density at radius 2 is 1.82 bits per heavy atom. The van der Waals surface area contributed by atoms with Gasteiger partial charge in [-0.25, -0.2) is 9.97 Å². The summed E-state index contributed by atoms with van der Waals surface area (Å²) >= 11 is 0. The molecule has 0 aliphatic carbocycles. The Labute approximate surface area is 216 Å². The number of amides is 1. The lowest BCUT2D eigenvalue weighted by Crippen LogP contribution is -2.16. The average molecular weight is 524 g/mol. The van der Waals surface area contributed by atoms with Crippen LogP contribution in [-0.4, -0.2) is 51.4 Å². The molecule has 3 heterocycles. The maximum absolute atomic E-state index is 13.0. The number of anilines is 3. The Bertz CT molecular complexity index is 1460. The van der Waals surface area contributed by atoms with E-state index < -0.39 is 23.3 Å². The molecule has 9 nitrogen and oxygen atoms in total. The first-order chi connectivity index (χ1) is 18.2. The van der Waals surface area contributed by atoms with Crippen molar-refractivity contribution in [2.45, 2.75) is 13.1 Å². The summed E-state index contributed by atoms with van der Waals surface area (Å²) in [4.78, 5) is 21.6. The standard InChI is InChI=1S/C26H24F3N7O2/c1-15-3-4-19(34-25(38)22-12-18(14-33-36-22)26(27,28)29)13-20(15)17-9-21(35-24(11-17)32-7-8-37)16-5-6-31-23(10-16)30-2/h3-6,9-14,37H,7-8H2,1-2H3,(H,30,31)(H,32,35)(H,34,38). The molecule has 0 bridgehead atoms. The highest BCUT2D eigenvalue weighted by atomic mass is 19.4. The van der Waals surface area contributed by atoms with E-state index in [1.807, 2.05) is 31.2 Å². The van der Waals surface area contributed by atoms with E-state index in [1.165, 1.54) is 0 Å². The summed E-state index contributed by atoms with van der Waals surface area (Å²) in [5.41, 5.74) is 2.71. The topological polar surface area (TPSA) is 125 Å². The molecule has 0 atom stereocenters. The number of benzene rings is 1. The third-order valence-electron chi connectivity index (χ3n) is 5.58. The third-order valence-corrected chi connectivity index (χ3v) is 5.58. The van der Waals surface area contributed by atoms with E-state index in [9.17, 15) is 23.1 Å². The Kier molecular flexibility index (Phi) is 7.82. The van der Waals surface area contributed by atoms with Crippen molar-refractivity contribution in [2.75, 3.05) is 36.1 Å². The number of halogens is 3. The van der Waals surface area contributed by atoms with Crippen LogP contribution in [-0.2, 0) is 6.18 Å². The van der Waals surface area contributed by atoms with Crippen LogP contribution in [0.1, 0.15) is 21.6 Å². The number of carbonyl (C=O) groups is 1. The summed E-state index contributed by atoms with van der Waals surface area (Å²) in [6, 6.07) is 13.2. The molecule has 1 aromatic carbocycles. The third kappa shape index (κ3) is 6.21. The number of alkyl halides is 3. The Hall–Kier alpha value is -4.58. The molecule has 1 amide bonds. The molecule has 0 unspecified atom stereocenters. The molecular weight excluding hydrogens is 499 g/mol. The number of hydrogen-bond acceptors (Lipinski definition) is 8. The van der Waals surface area contributed by atoms with Crippen molar-refractivity contribution in [3.05, 3.63) is 77.7 Å². The van der Waals surface area contributed by atoms with Crippen molar-refractivity contribution >= 4 is 23.2 Å². The van der Waals surface area contributed by atoms with E-state index >= 15 is 0 Å². The Morgan fingerprint density at radius 1 is 1.03 bits per heavy atom. The number of aryl methyl sites for hydroxylation is 1. The Balaban J connectivity index is 1.70. The minimum Gasteiger partial charge on any atom is -0.395 e. The van der Waals surface area contributed by atoms with Gasteiger partial charge in [-0.2, -0.15) is 18.3 Å². The fourth-order valence-corrected chi connectivity index (χ4v) is 3.67. The highest BCUT2D eigenvalue weighted by molar-refractivity contribution is 6.03. The first kappa shape index (κ1) is 26.5. The lowest BCUT2D eigenvalue weighted by molar-refractivity contribution is -0.137. The Morgan fingerprint density at radius 3 is 2.55 bits per heavy atom. The highest BCUT2D eigenvalue weighted by Gasteiger charge is 2.32. The van der Waals surface area contributed by atoms with Crippen molar-refractivity contribution in [3.63, 3.8) is 0 Å². The quantitative estimate of drug-likeness (QED) is 0.264. The minimum atomic E-state index is -4.65. The van der Waals surface area contributed by atoms with Gasteiger partial charge in [-0.3, -0.25) is 4.79 Å². The van der Waals surface area contributed by atoms with E-state index in [0.717, 1.165) is 22.3 Å². The van der Waals surface area contributed by atoms with Crippen LogP contribution in [0.2, 0.25) is 0 Å². The zero-order chi connectivity index (χ0) is 27.3. The molecule has 3 aromatic heterocycles. The fraction of sp³-hybridized carbons (Fsp3) is 0.192. The molecule has 196 valence electrons. The lowest BCUT2D eigenvalue weighted by atomic mass is 9.98. The predicted octanol–water partition coefficient (Wildman–Crippen LogP) is 4.63. The van der Waals surface area contributed by atoms with Crippen molar-refractivity contribution in [2.24, 2.45) is 0 Å². The van der Waals surface area contributed by atoms with E-state index in [2.05, 4.69) is 36.1 Å². The van der Waals surface area contributed by atoms with Gasteiger partial charge in [0, 0.05) is 31.0 Å². The van der Waals surface area contributed by atoms with E-state index in [-0.39, 0.29) is 6.61 Å². The highest BCUT2D eigenvalue weighted by Crippen LogP contribution is 2.32. The van der Waals surface area contributed by atoms with Gasteiger partial charge >= 0.3 is 6.18 Å². The predicted molar refractivity (Wildman–Crippen MR) is 138 cm³/mol. The summed E-state index contributed by atoms with van der Waals surface area (Å²) in [5.74, 6) is 0.371. The van der Waals surface area contributed by atoms with E-state index in [1.54, 1.807) is 31.4 Å². The molecule has 0 spiro atoms. The molecule has 0 saturated carbocycles. The normalized spacial score (nSPS) is 11.2. The minimum absolute atomic E-state index is 0.0840. The van der Waals surface area contributed by atoms with E-state index in [0.29, 0.717) is 41.8 Å². The summed E-state index contributed by atoms with van der Waals surface area (Å²) < 4.78 is 39.1. The van der Waals surface area contributed by atoms with Crippen LogP contribution in [0.3, 0.4) is 0 Å². The van der Waals surface area contributed by atoms with Gasteiger partial charge in [0.05, 0.1) is 24.1 Å². The number of carbonyl (C=O) groups excluding carboxylic acids is 1. The second-order valence-corrected chi connectivity index (χ2v) is 8.27. The van der Waals surface area contributed by atoms with Crippen LogP contribution in [0, 0.1) is 6.92 Å². The summed E-state index contributed by atoms with van der Waals surface area (Å²) in [5, 5.41) is 24.8. The molecule has 0 aliphatic heterocycles. The van der Waals surface area contributed by atoms with E-state index in [4.69, 9.17) is 0 Å². The van der Waals surface area contributed by atoms with Gasteiger partial charge in [-0.1, -0.05) is 6.07 Å².